The number of nitrogens with one attached hydrogen (secondary N) is 1. The largest absolute Gasteiger partial charge is 0.492 e. The van der Waals surface area contributed by atoms with Gasteiger partial charge in [0.05, 0.1) is 6.61 Å². The second-order valence-electron chi connectivity index (χ2n) is 6.37. The van der Waals surface area contributed by atoms with E-state index >= 15 is 0 Å². The molecule has 29 heavy (non-hydrogen) atoms. The zero-order valence-electron chi connectivity index (χ0n) is 15.2. The molecule has 0 unspecified atom stereocenters. The molecule has 152 valence electrons. The molecule has 1 aliphatic rings. The Morgan fingerprint density at radius 1 is 1.31 bits per heavy atom. The van der Waals surface area contributed by atoms with Gasteiger partial charge in [-0.05, 0) is 35.6 Å². The summed E-state index contributed by atoms with van der Waals surface area (Å²) in [5, 5.41) is 12.2. The number of carbonyl (C=O) groups excluding carboxylic acids is 2. The van der Waals surface area contributed by atoms with Crippen molar-refractivity contribution in [1.82, 2.24) is 10.3 Å². The lowest BCUT2D eigenvalue weighted by molar-refractivity contribution is -0.144. The first-order chi connectivity index (χ1) is 13.7. The molecule has 2 N–H and O–H groups in total. The zero-order chi connectivity index (χ0) is 21.2. The monoisotopic (exact) mass is 408 g/mol. The number of ether oxygens (including phenoxy) is 1. The van der Waals surface area contributed by atoms with Crippen molar-refractivity contribution >= 4 is 24.5 Å². The third-order valence-electron chi connectivity index (χ3n) is 4.40. The number of alkyl halides is 3. The molecule has 0 saturated carbocycles. The van der Waals surface area contributed by atoms with E-state index < -0.39 is 37.4 Å². The number of halogens is 3. The number of amides is 1. The SMILES string of the molecule is Cc1c(C(=O)NCC(=O)OCc2ccc(C(F)(F)F)nc2)ccc2c1B(O)OC2. The maximum Gasteiger partial charge on any atom is 0.492 e. The second kappa shape index (κ2) is 8.22. The lowest BCUT2D eigenvalue weighted by Crippen LogP contribution is -2.35. The summed E-state index contributed by atoms with van der Waals surface area (Å²) in [6.45, 7) is 1.22. The molecule has 0 aliphatic carbocycles. The highest BCUT2D eigenvalue weighted by Gasteiger charge is 2.32. The highest BCUT2D eigenvalue weighted by atomic mass is 19.4. The molecule has 0 bridgehead atoms. The minimum Gasteiger partial charge on any atom is -0.459 e. The molecule has 3 rings (SSSR count). The van der Waals surface area contributed by atoms with Crippen LogP contribution in [-0.4, -0.2) is 35.5 Å². The predicted molar refractivity (Wildman–Crippen MR) is 94.9 cm³/mol. The van der Waals surface area contributed by atoms with Crippen LogP contribution in [0.4, 0.5) is 13.2 Å². The molecular formula is C18H16BF3N2O5. The van der Waals surface area contributed by atoms with Crippen molar-refractivity contribution in [3.8, 4) is 0 Å². The van der Waals surface area contributed by atoms with Crippen molar-refractivity contribution in [1.29, 1.82) is 0 Å². The van der Waals surface area contributed by atoms with Crippen LogP contribution in [0.3, 0.4) is 0 Å². The number of pyridine rings is 1. The number of benzene rings is 1. The number of hydrogen-bond donors (Lipinski definition) is 2. The fourth-order valence-corrected chi connectivity index (χ4v) is 2.89. The number of aromatic nitrogens is 1. The van der Waals surface area contributed by atoms with Gasteiger partial charge in [-0.15, -0.1) is 0 Å². The van der Waals surface area contributed by atoms with Gasteiger partial charge in [-0.1, -0.05) is 12.1 Å². The Kier molecular flexibility index (Phi) is 5.90. The Morgan fingerprint density at radius 3 is 2.72 bits per heavy atom. The molecule has 1 aromatic heterocycles. The Balaban J connectivity index is 1.52. The fourth-order valence-electron chi connectivity index (χ4n) is 2.89. The third kappa shape index (κ3) is 4.74. The normalized spacial score (nSPS) is 13.2. The summed E-state index contributed by atoms with van der Waals surface area (Å²) in [4.78, 5) is 27.4. The highest BCUT2D eigenvalue weighted by molar-refractivity contribution is 6.62. The van der Waals surface area contributed by atoms with E-state index in [9.17, 15) is 27.8 Å². The number of fused-ring (bicyclic) bond motifs is 1. The van der Waals surface area contributed by atoms with Gasteiger partial charge in [0.2, 0.25) is 0 Å². The molecule has 0 spiro atoms. The lowest BCUT2D eigenvalue weighted by atomic mass is 9.75. The molecule has 2 aromatic rings. The maximum atomic E-state index is 12.5. The quantitative estimate of drug-likeness (QED) is 0.568. The smallest absolute Gasteiger partial charge is 0.459 e. The van der Waals surface area contributed by atoms with Gasteiger partial charge in [0.1, 0.15) is 18.8 Å². The standard InChI is InChI=1S/C18H16BF3N2O5/c1-10-13(4-3-12-9-29-19(27)16(10)12)17(26)24-7-15(25)28-8-11-2-5-14(23-6-11)18(20,21)22/h2-6,27H,7-9H2,1H3,(H,24,26). The fraction of sp³-hybridized carbons (Fsp3) is 0.278. The Morgan fingerprint density at radius 2 is 2.07 bits per heavy atom. The molecule has 11 heteroatoms. The van der Waals surface area contributed by atoms with Crippen LogP contribution in [0.2, 0.25) is 0 Å². The minimum atomic E-state index is -4.54. The molecule has 1 aliphatic heterocycles. The number of esters is 1. The molecule has 7 nitrogen and oxygen atoms in total. The Labute approximate surface area is 164 Å². The van der Waals surface area contributed by atoms with E-state index in [1.165, 1.54) is 0 Å². The van der Waals surface area contributed by atoms with Crippen molar-refractivity contribution in [3.05, 3.63) is 58.4 Å². The topological polar surface area (TPSA) is 97.8 Å². The van der Waals surface area contributed by atoms with Crippen LogP contribution in [0.5, 0.6) is 0 Å². The highest BCUT2D eigenvalue weighted by Crippen LogP contribution is 2.27. The number of rotatable bonds is 5. The Bertz CT molecular complexity index is 934. The summed E-state index contributed by atoms with van der Waals surface area (Å²) in [5.74, 6) is -1.29. The van der Waals surface area contributed by atoms with E-state index in [-0.39, 0.29) is 24.3 Å². The molecule has 1 aromatic carbocycles. The maximum absolute atomic E-state index is 12.5. The van der Waals surface area contributed by atoms with E-state index in [1.807, 2.05) is 0 Å². The van der Waals surface area contributed by atoms with Gasteiger partial charge >= 0.3 is 19.3 Å². The summed E-state index contributed by atoms with van der Waals surface area (Å²) in [7, 11) is -1.10. The van der Waals surface area contributed by atoms with E-state index in [0.29, 0.717) is 11.0 Å². The van der Waals surface area contributed by atoms with Gasteiger partial charge in [-0.2, -0.15) is 13.2 Å². The van der Waals surface area contributed by atoms with Gasteiger partial charge in [0.15, 0.2) is 0 Å². The second-order valence-corrected chi connectivity index (χ2v) is 6.37. The van der Waals surface area contributed by atoms with E-state index in [1.54, 1.807) is 19.1 Å². The van der Waals surface area contributed by atoms with Gasteiger partial charge in [0, 0.05) is 17.3 Å². The van der Waals surface area contributed by atoms with Gasteiger partial charge in [-0.3, -0.25) is 14.6 Å². The van der Waals surface area contributed by atoms with Crippen LogP contribution in [0.1, 0.15) is 32.7 Å². The number of carbonyl (C=O) groups is 2. The van der Waals surface area contributed by atoms with Crippen molar-refractivity contribution in [2.75, 3.05) is 6.54 Å². The van der Waals surface area contributed by atoms with E-state index in [4.69, 9.17) is 9.39 Å². The lowest BCUT2D eigenvalue weighted by Gasteiger charge is -2.11. The molecular weight excluding hydrogens is 392 g/mol. The van der Waals surface area contributed by atoms with Crippen LogP contribution in [0.25, 0.3) is 0 Å². The van der Waals surface area contributed by atoms with Crippen LogP contribution in [0.15, 0.2) is 30.5 Å². The van der Waals surface area contributed by atoms with Crippen molar-refractivity contribution in [2.45, 2.75) is 26.3 Å². The van der Waals surface area contributed by atoms with Crippen molar-refractivity contribution in [3.63, 3.8) is 0 Å². The molecule has 2 heterocycles. The zero-order valence-corrected chi connectivity index (χ0v) is 15.2. The summed E-state index contributed by atoms with van der Waals surface area (Å²) >= 11 is 0. The summed E-state index contributed by atoms with van der Waals surface area (Å²) in [5.41, 5.74) is 1.40. The third-order valence-corrected chi connectivity index (χ3v) is 4.40. The molecule has 0 fully saturated rings. The first-order valence-electron chi connectivity index (χ1n) is 8.55. The molecule has 0 atom stereocenters. The van der Waals surface area contributed by atoms with E-state index in [2.05, 4.69) is 10.3 Å². The summed E-state index contributed by atoms with van der Waals surface area (Å²) in [6, 6.07) is 5.19. The molecule has 1 amide bonds. The van der Waals surface area contributed by atoms with Crippen LogP contribution in [0, 0.1) is 6.92 Å². The first-order valence-corrected chi connectivity index (χ1v) is 8.55. The van der Waals surface area contributed by atoms with Crippen LogP contribution >= 0.6 is 0 Å². The molecule has 0 radical (unpaired) electrons. The minimum absolute atomic E-state index is 0.254. The number of nitrogens with zero attached hydrogens (tertiary/aromatic N) is 1. The molecule has 0 saturated heterocycles. The summed E-state index contributed by atoms with van der Waals surface area (Å²) < 4.78 is 47.4. The average molecular weight is 408 g/mol. The van der Waals surface area contributed by atoms with Crippen LogP contribution < -0.4 is 10.8 Å². The van der Waals surface area contributed by atoms with Gasteiger partial charge < -0.3 is 19.7 Å². The average Bonchev–Trinajstić information content (AvgIpc) is 3.06. The van der Waals surface area contributed by atoms with E-state index in [0.717, 1.165) is 23.9 Å². The van der Waals surface area contributed by atoms with Crippen molar-refractivity contribution in [2.24, 2.45) is 0 Å². The van der Waals surface area contributed by atoms with Crippen molar-refractivity contribution < 1.29 is 37.2 Å². The summed E-state index contributed by atoms with van der Waals surface area (Å²) in [6.07, 6.45) is -3.58. The predicted octanol–water partition coefficient (Wildman–Crippen LogP) is 1.10. The van der Waals surface area contributed by atoms with Gasteiger partial charge in [-0.25, -0.2) is 0 Å². The van der Waals surface area contributed by atoms with Gasteiger partial charge in [0.25, 0.3) is 5.91 Å². The first kappa shape index (κ1) is 20.8. The number of hydrogen-bond acceptors (Lipinski definition) is 6. The Hall–Kier alpha value is -2.92. The van der Waals surface area contributed by atoms with Crippen LogP contribution in [-0.2, 0) is 33.6 Å².